The second kappa shape index (κ2) is 7.75. The number of thioether (sulfide) groups is 1. The SMILES string of the molecule is Cc1ccc(SCC(F)(F)F)c(NC(=O)NCC(C)(O)C(=O)O)c1. The zero-order chi connectivity index (χ0) is 18.5. The number of alkyl halides is 3. The average Bonchev–Trinajstić information content (AvgIpc) is 2.43. The molecular weight excluding hydrogens is 349 g/mol. The van der Waals surface area contributed by atoms with Crippen LogP contribution in [0.4, 0.5) is 23.7 Å². The number of urea groups is 1. The van der Waals surface area contributed by atoms with Crippen molar-refractivity contribution in [3.05, 3.63) is 23.8 Å². The molecule has 4 N–H and O–H groups in total. The number of benzene rings is 1. The molecule has 0 aromatic heterocycles. The summed E-state index contributed by atoms with van der Waals surface area (Å²) in [6, 6.07) is 3.72. The lowest BCUT2D eigenvalue weighted by Crippen LogP contribution is -2.47. The molecule has 2 amide bonds. The molecule has 0 spiro atoms. The van der Waals surface area contributed by atoms with E-state index in [1.807, 2.05) is 0 Å². The summed E-state index contributed by atoms with van der Waals surface area (Å²) >= 11 is 0.522. The van der Waals surface area contributed by atoms with E-state index in [2.05, 4.69) is 10.6 Å². The van der Waals surface area contributed by atoms with E-state index < -0.39 is 36.1 Å². The molecule has 0 heterocycles. The van der Waals surface area contributed by atoms with Crippen molar-refractivity contribution >= 4 is 29.4 Å². The number of hydrogen-bond acceptors (Lipinski definition) is 4. The number of carboxylic acids is 1. The molecular formula is C14H17F3N2O4S. The number of amides is 2. The highest BCUT2D eigenvalue weighted by Crippen LogP contribution is 2.32. The van der Waals surface area contributed by atoms with Gasteiger partial charge < -0.3 is 20.8 Å². The molecule has 0 fully saturated rings. The smallest absolute Gasteiger partial charge is 0.398 e. The van der Waals surface area contributed by atoms with Crippen LogP contribution < -0.4 is 10.6 Å². The minimum atomic E-state index is -4.35. The first-order valence-electron chi connectivity index (χ1n) is 6.71. The van der Waals surface area contributed by atoms with Gasteiger partial charge in [0.2, 0.25) is 0 Å². The summed E-state index contributed by atoms with van der Waals surface area (Å²) in [5.41, 5.74) is -1.27. The minimum absolute atomic E-state index is 0.164. The Kier molecular flexibility index (Phi) is 6.50. The number of aliphatic hydroxyl groups is 1. The summed E-state index contributed by atoms with van der Waals surface area (Å²) in [5.74, 6) is -2.63. The van der Waals surface area contributed by atoms with Gasteiger partial charge in [-0.25, -0.2) is 9.59 Å². The topological polar surface area (TPSA) is 98.7 Å². The first-order chi connectivity index (χ1) is 10.9. The van der Waals surface area contributed by atoms with Gasteiger partial charge in [0.05, 0.1) is 18.0 Å². The maximum Gasteiger partial charge on any atom is 0.398 e. The molecule has 1 aromatic rings. The Balaban J connectivity index is 2.77. The molecule has 1 unspecified atom stereocenters. The first-order valence-corrected chi connectivity index (χ1v) is 7.70. The number of nitrogens with one attached hydrogen (secondary N) is 2. The van der Waals surface area contributed by atoms with E-state index in [-0.39, 0.29) is 10.6 Å². The van der Waals surface area contributed by atoms with Crippen molar-refractivity contribution in [2.45, 2.75) is 30.5 Å². The first kappa shape index (κ1) is 20.1. The Morgan fingerprint density at radius 1 is 1.29 bits per heavy atom. The van der Waals surface area contributed by atoms with E-state index in [0.29, 0.717) is 11.8 Å². The van der Waals surface area contributed by atoms with Gasteiger partial charge in [-0.2, -0.15) is 13.2 Å². The van der Waals surface area contributed by atoms with E-state index in [1.54, 1.807) is 13.0 Å². The molecule has 0 radical (unpaired) electrons. The lowest BCUT2D eigenvalue weighted by molar-refractivity contribution is -0.155. The normalized spacial score (nSPS) is 13.9. The standard InChI is InChI=1S/C14H17F3N2O4S/c1-8-3-4-10(24-7-14(15,16)17)9(5-8)19-12(22)18-6-13(2,23)11(20)21/h3-5,23H,6-7H2,1-2H3,(H,20,21)(H2,18,19,22). The fourth-order valence-electron chi connectivity index (χ4n) is 1.52. The van der Waals surface area contributed by atoms with E-state index >= 15 is 0 Å². The van der Waals surface area contributed by atoms with Crippen molar-refractivity contribution in [1.82, 2.24) is 5.32 Å². The largest absolute Gasteiger partial charge is 0.479 e. The van der Waals surface area contributed by atoms with Crippen molar-refractivity contribution in [3.63, 3.8) is 0 Å². The third-order valence-corrected chi connectivity index (χ3v) is 3.97. The molecule has 1 rings (SSSR count). The molecule has 0 bridgehead atoms. The van der Waals surface area contributed by atoms with Crippen molar-refractivity contribution in [3.8, 4) is 0 Å². The van der Waals surface area contributed by atoms with Gasteiger partial charge in [-0.15, -0.1) is 11.8 Å². The van der Waals surface area contributed by atoms with Crippen molar-refractivity contribution in [2.24, 2.45) is 0 Å². The molecule has 10 heteroatoms. The number of aliphatic carboxylic acids is 1. The molecule has 0 aliphatic carbocycles. The van der Waals surface area contributed by atoms with Crippen LogP contribution in [0.5, 0.6) is 0 Å². The van der Waals surface area contributed by atoms with Crippen molar-refractivity contribution < 1.29 is 33.0 Å². The van der Waals surface area contributed by atoms with E-state index in [9.17, 15) is 27.9 Å². The van der Waals surface area contributed by atoms with Gasteiger partial charge in [-0.3, -0.25) is 0 Å². The van der Waals surface area contributed by atoms with Crippen LogP contribution in [0.1, 0.15) is 12.5 Å². The lowest BCUT2D eigenvalue weighted by atomic mass is 10.1. The summed E-state index contributed by atoms with van der Waals surface area (Å²) in [4.78, 5) is 22.7. The Hall–Kier alpha value is -1.94. The number of carboxylic acid groups (broad SMARTS) is 1. The molecule has 1 aromatic carbocycles. The molecule has 1 atom stereocenters. The summed E-state index contributed by atoms with van der Waals surface area (Å²) in [6.07, 6.45) is -4.35. The Labute approximate surface area is 140 Å². The number of carbonyl (C=O) groups is 2. The average molecular weight is 366 g/mol. The van der Waals surface area contributed by atoms with Crippen LogP contribution in [-0.4, -0.2) is 46.3 Å². The maximum atomic E-state index is 12.3. The van der Waals surface area contributed by atoms with Gasteiger partial charge in [0, 0.05) is 4.90 Å². The zero-order valence-electron chi connectivity index (χ0n) is 12.9. The number of hydrogen-bond donors (Lipinski definition) is 4. The number of anilines is 1. The summed E-state index contributed by atoms with van der Waals surface area (Å²) in [7, 11) is 0. The van der Waals surface area contributed by atoms with Crippen LogP contribution in [0.15, 0.2) is 23.1 Å². The fourth-order valence-corrected chi connectivity index (χ4v) is 2.27. The second-order valence-electron chi connectivity index (χ2n) is 5.29. The third kappa shape index (κ3) is 6.67. The van der Waals surface area contributed by atoms with Gasteiger partial charge in [0.1, 0.15) is 0 Å². The Morgan fingerprint density at radius 2 is 1.92 bits per heavy atom. The molecule has 6 nitrogen and oxygen atoms in total. The van der Waals surface area contributed by atoms with Crippen LogP contribution in [0.25, 0.3) is 0 Å². The summed E-state index contributed by atoms with van der Waals surface area (Å²) in [5, 5.41) is 22.8. The zero-order valence-corrected chi connectivity index (χ0v) is 13.7. The predicted molar refractivity (Wildman–Crippen MR) is 83.2 cm³/mol. The Bertz CT molecular complexity index is 621. The van der Waals surface area contributed by atoms with E-state index in [0.717, 1.165) is 12.5 Å². The molecule has 0 aliphatic rings. The highest BCUT2D eigenvalue weighted by molar-refractivity contribution is 7.99. The maximum absolute atomic E-state index is 12.3. The van der Waals surface area contributed by atoms with E-state index in [4.69, 9.17) is 5.11 Å². The molecule has 134 valence electrons. The fraction of sp³-hybridized carbons (Fsp3) is 0.429. The Morgan fingerprint density at radius 3 is 2.46 bits per heavy atom. The van der Waals surface area contributed by atoms with Crippen LogP contribution in [-0.2, 0) is 4.79 Å². The van der Waals surface area contributed by atoms with Gasteiger partial charge in [0.25, 0.3) is 0 Å². The predicted octanol–water partition coefficient (Wildman–Crippen LogP) is 2.61. The second-order valence-corrected chi connectivity index (χ2v) is 6.31. The lowest BCUT2D eigenvalue weighted by Gasteiger charge is -2.19. The van der Waals surface area contributed by atoms with Crippen molar-refractivity contribution in [1.29, 1.82) is 0 Å². The van der Waals surface area contributed by atoms with Gasteiger partial charge in [-0.1, -0.05) is 6.07 Å². The molecule has 24 heavy (non-hydrogen) atoms. The minimum Gasteiger partial charge on any atom is -0.479 e. The summed E-state index contributed by atoms with van der Waals surface area (Å²) in [6.45, 7) is 2.15. The number of rotatable bonds is 6. The van der Waals surface area contributed by atoms with Gasteiger partial charge >= 0.3 is 18.2 Å². The van der Waals surface area contributed by atoms with Crippen LogP contribution >= 0.6 is 11.8 Å². The number of halogens is 3. The number of carbonyl (C=O) groups excluding carboxylic acids is 1. The molecule has 0 saturated carbocycles. The quantitative estimate of drug-likeness (QED) is 0.580. The highest BCUT2D eigenvalue weighted by atomic mass is 32.2. The summed E-state index contributed by atoms with van der Waals surface area (Å²) < 4.78 is 37.0. The number of aryl methyl sites for hydroxylation is 1. The van der Waals surface area contributed by atoms with Gasteiger partial charge in [0.15, 0.2) is 5.60 Å². The third-order valence-electron chi connectivity index (χ3n) is 2.83. The van der Waals surface area contributed by atoms with E-state index in [1.165, 1.54) is 12.1 Å². The molecule has 0 saturated heterocycles. The highest BCUT2D eigenvalue weighted by Gasteiger charge is 2.30. The van der Waals surface area contributed by atoms with Crippen molar-refractivity contribution in [2.75, 3.05) is 17.6 Å². The van der Waals surface area contributed by atoms with Crippen LogP contribution in [0, 0.1) is 6.92 Å². The van der Waals surface area contributed by atoms with Gasteiger partial charge in [-0.05, 0) is 31.5 Å². The monoisotopic (exact) mass is 366 g/mol. The van der Waals surface area contributed by atoms with Crippen LogP contribution in [0.3, 0.4) is 0 Å². The molecule has 0 aliphatic heterocycles. The van der Waals surface area contributed by atoms with Crippen LogP contribution in [0.2, 0.25) is 0 Å².